The number of nitrogens with zero attached hydrogens (tertiary/aromatic N) is 2. The van der Waals surface area contributed by atoms with Crippen molar-refractivity contribution in [3.63, 3.8) is 0 Å². The molecular formula is C43H76N2. The normalized spacial score (nSPS) is 20.3. The van der Waals surface area contributed by atoms with Crippen LogP contribution in [0.5, 0.6) is 0 Å². The molecule has 45 heavy (non-hydrogen) atoms. The van der Waals surface area contributed by atoms with Crippen molar-refractivity contribution in [2.75, 3.05) is 31.1 Å². The van der Waals surface area contributed by atoms with Gasteiger partial charge >= 0.3 is 0 Å². The first kappa shape index (κ1) is 42.9. The molecule has 2 nitrogen and oxygen atoms in total. The summed E-state index contributed by atoms with van der Waals surface area (Å²) in [5.74, 6) is 3.17. The summed E-state index contributed by atoms with van der Waals surface area (Å²) in [7, 11) is 0. The van der Waals surface area contributed by atoms with E-state index >= 15 is 0 Å². The molecule has 0 bridgehead atoms. The molecule has 0 radical (unpaired) electrons. The zero-order valence-corrected chi connectivity index (χ0v) is 32.3. The molecule has 258 valence electrons. The smallest absolute Gasteiger partial charge is 0.0373 e. The summed E-state index contributed by atoms with van der Waals surface area (Å²) in [6, 6.07) is 7.71. The van der Waals surface area contributed by atoms with Crippen molar-refractivity contribution >= 4 is 16.8 Å². The third kappa shape index (κ3) is 18.0. The Kier molecular flexibility index (Phi) is 23.1. The van der Waals surface area contributed by atoms with Crippen LogP contribution in [0.3, 0.4) is 0 Å². The highest BCUT2D eigenvalue weighted by molar-refractivity contribution is 5.85. The molecule has 1 aromatic rings. The molecule has 4 aliphatic rings. The lowest BCUT2D eigenvalue weighted by Crippen LogP contribution is -2.47. The van der Waals surface area contributed by atoms with Gasteiger partial charge in [0.05, 0.1) is 0 Å². The summed E-state index contributed by atoms with van der Waals surface area (Å²) in [5.41, 5.74) is 8.61. The van der Waals surface area contributed by atoms with E-state index in [1.807, 2.05) is 47.6 Å². The molecule has 0 amide bonds. The Morgan fingerprint density at radius 1 is 0.733 bits per heavy atom. The number of hydrogen-bond donors (Lipinski definition) is 0. The van der Waals surface area contributed by atoms with Crippen LogP contribution in [0.1, 0.15) is 152 Å². The van der Waals surface area contributed by atoms with E-state index < -0.39 is 0 Å². The quantitative estimate of drug-likeness (QED) is 0.231. The Bertz CT molecular complexity index is 973. The van der Waals surface area contributed by atoms with Crippen LogP contribution in [-0.2, 0) is 0 Å². The van der Waals surface area contributed by atoms with Crippen LogP contribution < -0.4 is 4.90 Å². The molecule has 4 fully saturated rings. The van der Waals surface area contributed by atoms with Crippen LogP contribution in [0, 0.1) is 17.8 Å². The SMILES string of the molecule is C=C(C)C.C=CC(=C(C)C)c1ccc(N2CCN(C3CC3)CC2)cc1C(=C)C.CC.CC.CC1CCC(C)CC1.CCC1CC1. The number of hydrogen-bond acceptors (Lipinski definition) is 2. The third-order valence-electron chi connectivity index (χ3n) is 8.82. The summed E-state index contributed by atoms with van der Waals surface area (Å²) in [4.78, 5) is 5.18. The standard InChI is InChI=1S/C22H30N2.C8H16.C5H10.C4H8.2C2H6/c1-6-20(16(2)3)21-10-9-19(15-22(21)17(4)5)24-13-11-23(12-14-24)18-7-8-18;1-7-3-5-8(2)6-4-7;1-2-5-3-4-5;1-4(2)3;2*1-2/h6,9-10,15,18H,1,4,7-8,11-14H2,2-3,5H3;7-8H,3-6H2,1-2H3;5H,2-4H2,1H3;1H2,2-3H3;2*1-2H3. The lowest BCUT2D eigenvalue weighted by Gasteiger charge is -2.36. The predicted molar refractivity (Wildman–Crippen MR) is 209 cm³/mol. The van der Waals surface area contributed by atoms with Gasteiger partial charge < -0.3 is 4.90 Å². The van der Waals surface area contributed by atoms with Crippen molar-refractivity contribution < 1.29 is 0 Å². The fraction of sp³-hybridized carbons (Fsp3) is 0.674. The van der Waals surface area contributed by atoms with Gasteiger partial charge in [-0.15, -0.1) is 6.58 Å². The first-order valence-corrected chi connectivity index (χ1v) is 18.7. The summed E-state index contributed by atoms with van der Waals surface area (Å²) in [6.45, 7) is 41.7. The molecule has 0 spiro atoms. The average molecular weight is 621 g/mol. The average Bonchev–Trinajstić information content (AvgIpc) is 3.96. The van der Waals surface area contributed by atoms with Gasteiger partial charge in [-0.3, -0.25) is 4.90 Å². The van der Waals surface area contributed by atoms with Gasteiger partial charge in [0.25, 0.3) is 0 Å². The van der Waals surface area contributed by atoms with Crippen LogP contribution in [0.15, 0.2) is 55.2 Å². The Hall–Kier alpha value is -2.06. The second kappa shape index (κ2) is 24.2. The van der Waals surface area contributed by atoms with Crippen molar-refractivity contribution in [3.05, 3.63) is 66.3 Å². The molecule has 1 saturated heterocycles. The van der Waals surface area contributed by atoms with Crippen LogP contribution >= 0.6 is 0 Å². The van der Waals surface area contributed by atoms with E-state index in [2.05, 4.69) is 89.3 Å². The van der Waals surface area contributed by atoms with E-state index in [0.717, 1.165) is 42.5 Å². The first-order valence-electron chi connectivity index (χ1n) is 18.7. The van der Waals surface area contributed by atoms with Crippen molar-refractivity contribution in [3.8, 4) is 0 Å². The maximum Gasteiger partial charge on any atom is 0.0373 e. The van der Waals surface area contributed by atoms with E-state index in [-0.39, 0.29) is 0 Å². The Balaban J connectivity index is 0.000000748. The minimum atomic E-state index is 0.883. The highest BCUT2D eigenvalue weighted by atomic mass is 15.3. The minimum Gasteiger partial charge on any atom is -0.369 e. The summed E-state index contributed by atoms with van der Waals surface area (Å²) in [6.07, 6.45) is 15.1. The van der Waals surface area contributed by atoms with E-state index in [9.17, 15) is 0 Å². The zero-order chi connectivity index (χ0) is 34.5. The molecule has 2 heteroatoms. The fourth-order valence-corrected chi connectivity index (χ4v) is 5.64. The van der Waals surface area contributed by atoms with Gasteiger partial charge in [-0.2, -0.15) is 0 Å². The summed E-state index contributed by atoms with van der Waals surface area (Å²) >= 11 is 0. The molecule has 3 saturated carbocycles. The number of allylic oxidation sites excluding steroid dienone is 5. The van der Waals surface area contributed by atoms with Gasteiger partial charge in [0.1, 0.15) is 0 Å². The van der Waals surface area contributed by atoms with Gasteiger partial charge in [0.15, 0.2) is 0 Å². The van der Waals surface area contributed by atoms with E-state index in [0.29, 0.717) is 0 Å². The number of rotatable bonds is 6. The van der Waals surface area contributed by atoms with Crippen molar-refractivity contribution in [2.45, 2.75) is 147 Å². The summed E-state index contributed by atoms with van der Waals surface area (Å²) in [5, 5.41) is 0. The highest BCUT2D eigenvalue weighted by Gasteiger charge is 2.31. The Morgan fingerprint density at radius 3 is 1.51 bits per heavy atom. The molecule has 1 heterocycles. The lowest BCUT2D eigenvalue weighted by molar-refractivity contribution is 0.248. The number of piperazine rings is 1. The van der Waals surface area contributed by atoms with Crippen molar-refractivity contribution in [2.24, 2.45) is 17.8 Å². The predicted octanol–water partition coefficient (Wildman–Crippen LogP) is 13.3. The topological polar surface area (TPSA) is 6.48 Å². The van der Waals surface area contributed by atoms with Crippen molar-refractivity contribution in [1.82, 2.24) is 4.90 Å². The van der Waals surface area contributed by atoms with E-state index in [1.165, 1.54) is 104 Å². The second-order valence-corrected chi connectivity index (χ2v) is 13.8. The minimum absolute atomic E-state index is 0.883. The van der Waals surface area contributed by atoms with Gasteiger partial charge in [0.2, 0.25) is 0 Å². The van der Waals surface area contributed by atoms with Gasteiger partial charge in [-0.25, -0.2) is 0 Å². The maximum atomic E-state index is 4.21. The maximum absolute atomic E-state index is 4.21. The van der Waals surface area contributed by atoms with Gasteiger partial charge in [-0.05, 0) is 94.0 Å². The summed E-state index contributed by atoms with van der Waals surface area (Å²) < 4.78 is 0. The molecule has 0 atom stereocenters. The largest absolute Gasteiger partial charge is 0.369 e. The molecule has 1 aliphatic heterocycles. The van der Waals surface area contributed by atoms with E-state index in [1.54, 1.807) is 0 Å². The molecule has 0 N–H and O–H groups in total. The Morgan fingerprint density at radius 2 is 1.20 bits per heavy atom. The van der Waals surface area contributed by atoms with E-state index in [4.69, 9.17) is 0 Å². The zero-order valence-electron chi connectivity index (χ0n) is 32.3. The molecular weight excluding hydrogens is 544 g/mol. The molecule has 1 aromatic carbocycles. The van der Waals surface area contributed by atoms with Gasteiger partial charge in [0, 0.05) is 37.9 Å². The van der Waals surface area contributed by atoms with Crippen LogP contribution in [0.25, 0.3) is 11.1 Å². The van der Waals surface area contributed by atoms with Crippen LogP contribution in [-0.4, -0.2) is 37.1 Å². The molecule has 3 aliphatic carbocycles. The van der Waals surface area contributed by atoms with Crippen LogP contribution in [0.2, 0.25) is 0 Å². The monoisotopic (exact) mass is 621 g/mol. The first-order chi connectivity index (χ1) is 21.5. The van der Waals surface area contributed by atoms with Gasteiger partial charge in [-0.1, -0.05) is 135 Å². The van der Waals surface area contributed by atoms with Crippen LogP contribution in [0.4, 0.5) is 5.69 Å². The number of benzene rings is 1. The fourth-order valence-electron chi connectivity index (χ4n) is 5.64. The lowest BCUT2D eigenvalue weighted by atomic mass is 9.84. The van der Waals surface area contributed by atoms with Crippen molar-refractivity contribution in [1.29, 1.82) is 0 Å². The second-order valence-electron chi connectivity index (χ2n) is 13.8. The Labute approximate surface area is 283 Å². The molecule has 0 unspecified atom stereocenters. The number of anilines is 1. The molecule has 0 aromatic heterocycles. The highest BCUT2D eigenvalue weighted by Crippen LogP contribution is 2.33. The third-order valence-corrected chi connectivity index (χ3v) is 8.82. The molecule has 5 rings (SSSR count).